The van der Waals surface area contributed by atoms with Gasteiger partial charge >= 0.3 is 12.1 Å². The highest BCUT2D eigenvalue weighted by atomic mass is 19.4. The Hall–Kier alpha value is -1.96. The molecule has 22 heavy (non-hydrogen) atoms. The first-order chi connectivity index (χ1) is 10.0. The minimum absolute atomic E-state index is 0.0973. The van der Waals surface area contributed by atoms with Gasteiger partial charge in [0, 0.05) is 6.42 Å². The SMILES string of the molecule is CCCC[C@](N)(Cc1cc(O)c(C(F)(F)F)cc1O)C(=O)O. The zero-order chi connectivity index (χ0) is 17.1. The maximum atomic E-state index is 12.6. The minimum Gasteiger partial charge on any atom is -0.508 e. The lowest BCUT2D eigenvalue weighted by Crippen LogP contribution is -2.49. The van der Waals surface area contributed by atoms with Gasteiger partial charge in [-0.2, -0.15) is 13.2 Å². The normalized spacial score (nSPS) is 14.6. The summed E-state index contributed by atoms with van der Waals surface area (Å²) >= 11 is 0. The molecule has 1 rings (SSSR count). The number of carboxylic acids is 1. The number of phenolic OH excluding ortho intramolecular Hbond substituents is 2. The monoisotopic (exact) mass is 321 g/mol. The van der Waals surface area contributed by atoms with E-state index >= 15 is 0 Å². The fourth-order valence-electron chi connectivity index (χ4n) is 2.09. The van der Waals surface area contributed by atoms with E-state index in [-0.39, 0.29) is 18.4 Å². The van der Waals surface area contributed by atoms with Crippen molar-refractivity contribution in [3.63, 3.8) is 0 Å². The summed E-state index contributed by atoms with van der Waals surface area (Å²) < 4.78 is 37.8. The summed E-state index contributed by atoms with van der Waals surface area (Å²) in [4.78, 5) is 11.3. The van der Waals surface area contributed by atoms with Crippen molar-refractivity contribution < 1.29 is 33.3 Å². The highest BCUT2D eigenvalue weighted by Gasteiger charge is 2.37. The van der Waals surface area contributed by atoms with Crippen LogP contribution in [0.1, 0.15) is 37.3 Å². The molecule has 1 aromatic carbocycles. The molecule has 0 aliphatic rings. The molecule has 124 valence electrons. The average Bonchev–Trinajstić information content (AvgIpc) is 2.38. The van der Waals surface area contributed by atoms with E-state index in [1.807, 2.05) is 6.92 Å². The smallest absolute Gasteiger partial charge is 0.420 e. The van der Waals surface area contributed by atoms with Gasteiger partial charge in [-0.15, -0.1) is 0 Å². The zero-order valence-corrected chi connectivity index (χ0v) is 11.9. The van der Waals surface area contributed by atoms with Gasteiger partial charge in [0.2, 0.25) is 0 Å². The molecule has 0 aromatic heterocycles. The highest BCUT2D eigenvalue weighted by molar-refractivity contribution is 5.79. The zero-order valence-electron chi connectivity index (χ0n) is 11.9. The number of hydrogen-bond acceptors (Lipinski definition) is 4. The Morgan fingerprint density at radius 1 is 1.23 bits per heavy atom. The molecule has 0 saturated heterocycles. The van der Waals surface area contributed by atoms with Crippen molar-refractivity contribution in [2.24, 2.45) is 5.73 Å². The number of unbranched alkanes of at least 4 members (excludes halogenated alkanes) is 1. The molecule has 1 atom stereocenters. The van der Waals surface area contributed by atoms with Crippen molar-refractivity contribution in [1.29, 1.82) is 0 Å². The van der Waals surface area contributed by atoms with Gasteiger partial charge < -0.3 is 21.1 Å². The van der Waals surface area contributed by atoms with E-state index in [1.165, 1.54) is 0 Å². The van der Waals surface area contributed by atoms with Gasteiger partial charge in [0.05, 0.1) is 0 Å². The summed E-state index contributed by atoms with van der Waals surface area (Å²) in [6.45, 7) is 1.84. The van der Waals surface area contributed by atoms with Gasteiger partial charge in [0.15, 0.2) is 0 Å². The van der Waals surface area contributed by atoms with E-state index in [0.29, 0.717) is 25.0 Å². The van der Waals surface area contributed by atoms with E-state index in [4.69, 9.17) is 5.73 Å². The average molecular weight is 321 g/mol. The molecular weight excluding hydrogens is 303 g/mol. The second-order valence-corrected chi connectivity index (χ2v) is 5.24. The molecule has 0 fully saturated rings. The summed E-state index contributed by atoms with van der Waals surface area (Å²) in [5.41, 5.74) is 2.53. The van der Waals surface area contributed by atoms with Gasteiger partial charge in [-0.1, -0.05) is 19.8 Å². The number of phenols is 2. The fraction of sp³-hybridized carbons (Fsp3) is 0.500. The molecule has 1 aromatic rings. The van der Waals surface area contributed by atoms with Crippen LogP contribution < -0.4 is 5.73 Å². The Balaban J connectivity index is 3.17. The van der Waals surface area contributed by atoms with Crippen LogP contribution in [0.3, 0.4) is 0 Å². The van der Waals surface area contributed by atoms with Gasteiger partial charge in [0.25, 0.3) is 0 Å². The second-order valence-electron chi connectivity index (χ2n) is 5.24. The molecule has 8 heteroatoms. The Kier molecular flexibility index (Phi) is 5.29. The van der Waals surface area contributed by atoms with Crippen molar-refractivity contribution >= 4 is 5.97 Å². The lowest BCUT2D eigenvalue weighted by Gasteiger charge is -2.25. The van der Waals surface area contributed by atoms with Crippen LogP contribution >= 0.6 is 0 Å². The topological polar surface area (TPSA) is 104 Å². The van der Waals surface area contributed by atoms with Crippen LogP contribution in [0.5, 0.6) is 11.5 Å². The molecule has 5 nitrogen and oxygen atoms in total. The van der Waals surface area contributed by atoms with Crippen molar-refractivity contribution in [1.82, 2.24) is 0 Å². The Morgan fingerprint density at radius 3 is 2.27 bits per heavy atom. The number of hydrogen-bond donors (Lipinski definition) is 4. The first-order valence-corrected chi connectivity index (χ1v) is 6.65. The van der Waals surface area contributed by atoms with Crippen LogP contribution in [0, 0.1) is 0 Å². The molecule has 0 amide bonds. The highest BCUT2D eigenvalue weighted by Crippen LogP contribution is 2.40. The van der Waals surface area contributed by atoms with Crippen LogP contribution in [0.4, 0.5) is 13.2 Å². The van der Waals surface area contributed by atoms with Crippen LogP contribution in [0.15, 0.2) is 12.1 Å². The molecule has 5 N–H and O–H groups in total. The van der Waals surface area contributed by atoms with Crippen molar-refractivity contribution in [3.05, 3.63) is 23.3 Å². The largest absolute Gasteiger partial charge is 0.508 e. The minimum atomic E-state index is -4.82. The first kappa shape index (κ1) is 18.1. The molecule has 0 heterocycles. The quantitative estimate of drug-likeness (QED) is 0.603. The third-order valence-corrected chi connectivity index (χ3v) is 3.41. The summed E-state index contributed by atoms with van der Waals surface area (Å²) in [7, 11) is 0. The standard InChI is InChI=1S/C14H18F3NO4/c1-2-3-4-13(18,12(21)22)7-8-5-11(20)9(6-10(8)19)14(15,16)17/h5-6,19-20H,2-4,7,18H2,1H3,(H,21,22)/t13-/m0/s1. The van der Waals surface area contributed by atoms with Gasteiger partial charge in [-0.25, -0.2) is 0 Å². The Morgan fingerprint density at radius 2 is 1.82 bits per heavy atom. The van der Waals surface area contributed by atoms with E-state index in [0.717, 1.165) is 0 Å². The Labute approximate surface area is 125 Å². The lowest BCUT2D eigenvalue weighted by atomic mass is 9.86. The number of alkyl halides is 3. The first-order valence-electron chi connectivity index (χ1n) is 6.65. The van der Waals surface area contributed by atoms with E-state index in [1.54, 1.807) is 0 Å². The van der Waals surface area contributed by atoms with E-state index in [2.05, 4.69) is 0 Å². The molecule has 0 radical (unpaired) electrons. The molecule has 0 saturated carbocycles. The Bertz CT molecular complexity index is 560. The molecule has 0 spiro atoms. The summed E-state index contributed by atoms with van der Waals surface area (Å²) in [5.74, 6) is -3.15. The number of aromatic hydroxyl groups is 2. The van der Waals surface area contributed by atoms with Gasteiger partial charge in [-0.05, 0) is 24.1 Å². The van der Waals surface area contributed by atoms with E-state index in [9.17, 15) is 33.3 Å². The van der Waals surface area contributed by atoms with Crippen molar-refractivity contribution in [2.45, 2.75) is 44.3 Å². The number of carbonyl (C=O) groups is 1. The van der Waals surface area contributed by atoms with Crippen LogP contribution in [-0.2, 0) is 17.4 Å². The number of benzene rings is 1. The predicted molar refractivity (Wildman–Crippen MR) is 72.6 cm³/mol. The van der Waals surface area contributed by atoms with Crippen molar-refractivity contribution in [2.75, 3.05) is 0 Å². The number of carboxylic acid groups (broad SMARTS) is 1. The molecule has 0 bridgehead atoms. The maximum Gasteiger partial charge on any atom is 0.420 e. The van der Waals surface area contributed by atoms with E-state index < -0.39 is 34.7 Å². The number of halogens is 3. The second kappa shape index (κ2) is 6.43. The molecule has 0 aliphatic heterocycles. The summed E-state index contributed by atoms with van der Waals surface area (Å²) in [6.07, 6.45) is -3.92. The third-order valence-electron chi connectivity index (χ3n) is 3.41. The molecule has 0 unspecified atom stereocenters. The number of nitrogens with two attached hydrogens (primary N) is 1. The predicted octanol–water partition coefficient (Wildman–Crippen LogP) is 2.63. The summed E-state index contributed by atoms with van der Waals surface area (Å²) in [5, 5.41) is 28.3. The molecular formula is C14H18F3NO4. The van der Waals surface area contributed by atoms with Crippen molar-refractivity contribution in [3.8, 4) is 11.5 Å². The van der Waals surface area contributed by atoms with Crippen LogP contribution in [0.25, 0.3) is 0 Å². The number of rotatable bonds is 6. The van der Waals surface area contributed by atoms with Gasteiger partial charge in [-0.3, -0.25) is 4.79 Å². The fourth-order valence-corrected chi connectivity index (χ4v) is 2.09. The van der Waals surface area contributed by atoms with Gasteiger partial charge in [0.1, 0.15) is 22.6 Å². The third kappa shape index (κ3) is 4.03. The lowest BCUT2D eigenvalue weighted by molar-refractivity contribution is -0.144. The number of aliphatic carboxylic acids is 1. The molecule has 0 aliphatic carbocycles. The van der Waals surface area contributed by atoms with Crippen LogP contribution in [0.2, 0.25) is 0 Å². The maximum absolute atomic E-state index is 12.6. The van der Waals surface area contributed by atoms with Crippen LogP contribution in [-0.4, -0.2) is 26.8 Å². The summed E-state index contributed by atoms with van der Waals surface area (Å²) in [6, 6.07) is 1.07.